The zero-order chi connectivity index (χ0) is 12.8. The van der Waals surface area contributed by atoms with Gasteiger partial charge in [-0.3, -0.25) is 0 Å². The Balaban J connectivity index is 2.21. The molecule has 2 nitrogen and oxygen atoms in total. The molecule has 0 heterocycles. The fourth-order valence-electron chi connectivity index (χ4n) is 1.61. The fraction of sp³-hybridized carbons (Fsp3) is 0. The Morgan fingerprint density at radius 3 is 2.17 bits per heavy atom. The van der Waals surface area contributed by atoms with Crippen LogP contribution < -0.4 is 0 Å². The number of carboxylic acids is 1. The predicted molar refractivity (Wildman–Crippen MR) is 72.1 cm³/mol. The van der Waals surface area contributed by atoms with E-state index in [9.17, 15) is 4.79 Å². The third kappa shape index (κ3) is 3.21. The standard InChI is InChI=1S/C16H12O2/c17-16(18)8-4-5-13-9-11-15(12-10-13)14-6-2-1-3-7-14/h1-3,5-12H,(H,17,18). The molecule has 2 aromatic carbocycles. The van der Waals surface area contributed by atoms with Gasteiger partial charge in [0.15, 0.2) is 0 Å². The highest BCUT2D eigenvalue weighted by Gasteiger charge is 1.95. The van der Waals surface area contributed by atoms with Crippen molar-refractivity contribution in [1.82, 2.24) is 0 Å². The van der Waals surface area contributed by atoms with Crippen molar-refractivity contribution in [2.24, 2.45) is 0 Å². The number of aliphatic carboxylic acids is 1. The average molecular weight is 236 g/mol. The maximum absolute atomic E-state index is 10.3. The molecule has 2 rings (SSSR count). The molecule has 0 aromatic heterocycles. The van der Waals surface area contributed by atoms with Crippen LogP contribution in [0.2, 0.25) is 0 Å². The van der Waals surface area contributed by atoms with E-state index in [0.717, 1.165) is 22.8 Å². The number of benzene rings is 2. The van der Waals surface area contributed by atoms with E-state index in [0.29, 0.717) is 0 Å². The van der Waals surface area contributed by atoms with Gasteiger partial charge in [-0.2, -0.15) is 0 Å². The van der Waals surface area contributed by atoms with E-state index >= 15 is 0 Å². The Morgan fingerprint density at radius 1 is 0.944 bits per heavy atom. The summed E-state index contributed by atoms with van der Waals surface area (Å²) < 4.78 is 0. The number of hydrogen-bond acceptors (Lipinski definition) is 1. The molecular weight excluding hydrogens is 224 g/mol. The van der Waals surface area contributed by atoms with Crippen LogP contribution in [0.1, 0.15) is 5.56 Å². The van der Waals surface area contributed by atoms with E-state index < -0.39 is 5.97 Å². The molecule has 0 fully saturated rings. The summed E-state index contributed by atoms with van der Waals surface area (Å²) in [6, 6.07) is 18.0. The summed E-state index contributed by atoms with van der Waals surface area (Å²) in [5.74, 6) is -0.993. The van der Waals surface area contributed by atoms with Gasteiger partial charge in [0.2, 0.25) is 0 Å². The first-order valence-corrected chi connectivity index (χ1v) is 5.56. The fourth-order valence-corrected chi connectivity index (χ4v) is 1.61. The molecule has 0 saturated carbocycles. The van der Waals surface area contributed by atoms with E-state index in [2.05, 4.69) is 17.9 Å². The normalized spacial score (nSPS) is 9.33. The first-order valence-electron chi connectivity index (χ1n) is 5.56. The van der Waals surface area contributed by atoms with E-state index in [1.54, 1.807) is 6.08 Å². The second-order valence-corrected chi connectivity index (χ2v) is 3.78. The van der Waals surface area contributed by atoms with Gasteiger partial charge in [0.05, 0.1) is 6.08 Å². The minimum atomic E-state index is -0.993. The van der Waals surface area contributed by atoms with Crippen molar-refractivity contribution in [3.8, 4) is 11.1 Å². The van der Waals surface area contributed by atoms with Gasteiger partial charge in [-0.15, -0.1) is 5.73 Å². The van der Waals surface area contributed by atoms with Gasteiger partial charge in [-0.25, -0.2) is 4.79 Å². The summed E-state index contributed by atoms with van der Waals surface area (Å²) in [5, 5.41) is 8.45. The molecule has 0 spiro atoms. The van der Waals surface area contributed by atoms with Gasteiger partial charge in [0.1, 0.15) is 0 Å². The summed E-state index contributed by atoms with van der Waals surface area (Å²) in [5.41, 5.74) is 5.83. The van der Waals surface area contributed by atoms with Crippen molar-refractivity contribution in [3.05, 3.63) is 72.0 Å². The lowest BCUT2D eigenvalue weighted by atomic mass is 10.0. The minimum absolute atomic E-state index is 0.923. The van der Waals surface area contributed by atoms with Crippen LogP contribution in [0.25, 0.3) is 17.2 Å². The van der Waals surface area contributed by atoms with Gasteiger partial charge in [-0.1, -0.05) is 54.6 Å². The van der Waals surface area contributed by atoms with Crippen LogP contribution in [0.5, 0.6) is 0 Å². The van der Waals surface area contributed by atoms with E-state index in [1.165, 1.54) is 0 Å². The summed E-state index contributed by atoms with van der Waals surface area (Å²) in [4.78, 5) is 10.3. The third-order valence-electron chi connectivity index (χ3n) is 2.47. The molecule has 0 amide bonds. The lowest BCUT2D eigenvalue weighted by molar-refractivity contribution is -0.131. The maximum Gasteiger partial charge on any atom is 0.336 e. The molecule has 0 unspecified atom stereocenters. The predicted octanol–water partition coefficient (Wildman–Crippen LogP) is 3.61. The first kappa shape index (κ1) is 11.9. The molecule has 1 N–H and O–H groups in total. The average Bonchev–Trinajstić information content (AvgIpc) is 2.40. The van der Waals surface area contributed by atoms with Gasteiger partial charge >= 0.3 is 5.97 Å². The van der Waals surface area contributed by atoms with Crippen molar-refractivity contribution in [2.75, 3.05) is 0 Å². The molecular formula is C16H12O2. The maximum atomic E-state index is 10.3. The van der Waals surface area contributed by atoms with Gasteiger partial charge in [0, 0.05) is 0 Å². The third-order valence-corrected chi connectivity index (χ3v) is 2.47. The largest absolute Gasteiger partial charge is 0.478 e. The van der Waals surface area contributed by atoms with Crippen LogP contribution in [0.4, 0.5) is 0 Å². The molecule has 88 valence electrons. The molecule has 0 radical (unpaired) electrons. The van der Waals surface area contributed by atoms with E-state index in [4.69, 9.17) is 5.11 Å². The highest BCUT2D eigenvalue weighted by molar-refractivity contribution is 5.80. The van der Waals surface area contributed by atoms with Crippen LogP contribution in [-0.4, -0.2) is 11.1 Å². The smallest absolute Gasteiger partial charge is 0.336 e. The second-order valence-electron chi connectivity index (χ2n) is 3.78. The number of carbonyl (C=O) groups is 1. The van der Waals surface area contributed by atoms with Crippen molar-refractivity contribution in [3.63, 3.8) is 0 Å². The molecule has 0 bridgehead atoms. The first-order chi connectivity index (χ1) is 8.75. The monoisotopic (exact) mass is 236 g/mol. The van der Waals surface area contributed by atoms with E-state index in [1.807, 2.05) is 42.5 Å². The van der Waals surface area contributed by atoms with Crippen LogP contribution >= 0.6 is 0 Å². The molecule has 0 saturated heterocycles. The molecule has 0 aliphatic heterocycles. The van der Waals surface area contributed by atoms with Crippen LogP contribution in [0.3, 0.4) is 0 Å². The summed E-state index contributed by atoms with van der Waals surface area (Å²) >= 11 is 0. The Kier molecular flexibility index (Phi) is 3.75. The van der Waals surface area contributed by atoms with Crippen molar-refractivity contribution < 1.29 is 9.90 Å². The Morgan fingerprint density at radius 2 is 1.56 bits per heavy atom. The van der Waals surface area contributed by atoms with Crippen LogP contribution in [0, 0.1) is 0 Å². The van der Waals surface area contributed by atoms with Gasteiger partial charge < -0.3 is 5.11 Å². The zero-order valence-corrected chi connectivity index (χ0v) is 9.71. The zero-order valence-electron chi connectivity index (χ0n) is 9.71. The minimum Gasteiger partial charge on any atom is -0.478 e. The molecule has 2 aromatic rings. The summed E-state index contributed by atoms with van der Waals surface area (Å²) in [7, 11) is 0. The second kappa shape index (κ2) is 5.67. The molecule has 2 heteroatoms. The molecule has 0 atom stereocenters. The number of carboxylic acid groups (broad SMARTS) is 1. The van der Waals surface area contributed by atoms with Gasteiger partial charge in [0.25, 0.3) is 0 Å². The van der Waals surface area contributed by atoms with Gasteiger partial charge in [-0.05, 0) is 22.8 Å². The highest BCUT2D eigenvalue weighted by atomic mass is 16.4. The molecule has 0 aliphatic carbocycles. The van der Waals surface area contributed by atoms with Crippen molar-refractivity contribution in [1.29, 1.82) is 0 Å². The van der Waals surface area contributed by atoms with Crippen molar-refractivity contribution in [2.45, 2.75) is 0 Å². The molecule has 18 heavy (non-hydrogen) atoms. The SMILES string of the molecule is O=C(O)C=C=Cc1ccc(-c2ccccc2)cc1. The topological polar surface area (TPSA) is 37.3 Å². The Bertz CT molecular complexity index is 589. The lowest BCUT2D eigenvalue weighted by Crippen LogP contribution is -1.83. The summed E-state index contributed by atoms with van der Waals surface area (Å²) in [6.07, 6.45) is 2.63. The summed E-state index contributed by atoms with van der Waals surface area (Å²) in [6.45, 7) is 0. The van der Waals surface area contributed by atoms with Crippen molar-refractivity contribution >= 4 is 12.0 Å². The lowest BCUT2D eigenvalue weighted by Gasteiger charge is -2.01. The van der Waals surface area contributed by atoms with Crippen LogP contribution in [-0.2, 0) is 4.79 Å². The van der Waals surface area contributed by atoms with Crippen LogP contribution in [0.15, 0.2) is 66.4 Å². The number of rotatable bonds is 3. The Hall–Kier alpha value is -2.57. The quantitative estimate of drug-likeness (QED) is 0.653. The number of hydrogen-bond donors (Lipinski definition) is 1. The Labute approximate surface area is 106 Å². The van der Waals surface area contributed by atoms with E-state index in [-0.39, 0.29) is 0 Å². The molecule has 0 aliphatic rings. The highest BCUT2D eigenvalue weighted by Crippen LogP contribution is 2.19.